The van der Waals surface area contributed by atoms with Crippen LogP contribution >= 0.6 is 0 Å². The number of ether oxygens (including phenoxy) is 2. The lowest BCUT2D eigenvalue weighted by atomic mass is 10.1. The van der Waals surface area contributed by atoms with E-state index >= 15 is 0 Å². The Labute approximate surface area is 130 Å². The van der Waals surface area contributed by atoms with E-state index in [1.807, 2.05) is 32.0 Å². The lowest BCUT2D eigenvalue weighted by Gasteiger charge is -2.34. The number of nitrogens with zero attached hydrogens (tertiary/aromatic N) is 1. The van der Waals surface area contributed by atoms with Crippen LogP contribution < -0.4 is 15.0 Å². The van der Waals surface area contributed by atoms with Gasteiger partial charge in [0, 0.05) is 6.54 Å². The number of carbonyl (C=O) groups is 2. The molecule has 1 aromatic carbocycles. The number of esters is 1. The van der Waals surface area contributed by atoms with Crippen molar-refractivity contribution in [2.45, 2.75) is 32.8 Å². The largest absolute Gasteiger partial charge is 0.486 e. The van der Waals surface area contributed by atoms with Gasteiger partial charge in [0.05, 0.1) is 25.8 Å². The molecule has 0 aromatic heterocycles. The Balaban J connectivity index is 2.10. The van der Waals surface area contributed by atoms with E-state index in [2.05, 4.69) is 10.1 Å². The van der Waals surface area contributed by atoms with E-state index in [1.165, 1.54) is 7.11 Å². The first-order valence-corrected chi connectivity index (χ1v) is 7.44. The fraction of sp³-hybridized carbons (Fsp3) is 0.500. The summed E-state index contributed by atoms with van der Waals surface area (Å²) in [4.78, 5) is 25.2. The Kier molecular flexibility index (Phi) is 5.25. The van der Waals surface area contributed by atoms with E-state index in [1.54, 1.807) is 4.90 Å². The van der Waals surface area contributed by atoms with Crippen LogP contribution in [0.1, 0.15) is 25.3 Å². The summed E-state index contributed by atoms with van der Waals surface area (Å²) in [6.45, 7) is 4.74. The first-order valence-electron chi connectivity index (χ1n) is 7.44. The highest BCUT2D eigenvalue weighted by Crippen LogP contribution is 2.34. The Morgan fingerprint density at radius 1 is 1.45 bits per heavy atom. The van der Waals surface area contributed by atoms with Crippen molar-refractivity contribution >= 4 is 17.7 Å². The van der Waals surface area contributed by atoms with E-state index in [9.17, 15) is 9.59 Å². The molecule has 0 bridgehead atoms. The SMILES string of the molecule is CC[C@@H]1CN(C(=O)NCCC(=O)OC)c2cc(C)ccc2O1. The number of carbonyl (C=O) groups excluding carboxylic acids is 2. The van der Waals surface area contributed by atoms with E-state index in [0.717, 1.165) is 17.7 Å². The van der Waals surface area contributed by atoms with Gasteiger partial charge >= 0.3 is 12.0 Å². The number of methoxy groups -OCH3 is 1. The maximum absolute atomic E-state index is 12.4. The van der Waals surface area contributed by atoms with Gasteiger partial charge in [0.1, 0.15) is 11.9 Å². The molecule has 0 saturated heterocycles. The number of aryl methyl sites for hydroxylation is 1. The predicted octanol–water partition coefficient (Wildman–Crippen LogP) is 2.25. The molecule has 120 valence electrons. The van der Waals surface area contributed by atoms with Crippen LogP contribution in [0.15, 0.2) is 18.2 Å². The quantitative estimate of drug-likeness (QED) is 0.866. The Morgan fingerprint density at radius 2 is 2.23 bits per heavy atom. The molecule has 0 aliphatic carbocycles. The van der Waals surface area contributed by atoms with E-state index in [-0.39, 0.29) is 31.1 Å². The lowest BCUT2D eigenvalue weighted by Crippen LogP contribution is -2.48. The van der Waals surface area contributed by atoms with Crippen LogP contribution in [0.25, 0.3) is 0 Å². The second kappa shape index (κ2) is 7.15. The molecule has 1 aliphatic rings. The number of benzene rings is 1. The van der Waals surface area contributed by atoms with Gasteiger partial charge in [-0.2, -0.15) is 0 Å². The van der Waals surface area contributed by atoms with Gasteiger partial charge in [0.25, 0.3) is 0 Å². The van der Waals surface area contributed by atoms with Crippen molar-refractivity contribution in [1.29, 1.82) is 0 Å². The van der Waals surface area contributed by atoms with Crippen molar-refractivity contribution in [1.82, 2.24) is 5.32 Å². The maximum Gasteiger partial charge on any atom is 0.322 e. The van der Waals surface area contributed by atoms with Gasteiger partial charge in [0.15, 0.2) is 0 Å². The summed E-state index contributed by atoms with van der Waals surface area (Å²) in [5.74, 6) is 0.372. The second-order valence-electron chi connectivity index (χ2n) is 5.29. The molecule has 1 aliphatic heterocycles. The van der Waals surface area contributed by atoms with Gasteiger partial charge in [-0.05, 0) is 31.0 Å². The molecule has 2 amide bonds. The number of nitrogens with one attached hydrogen (secondary N) is 1. The Morgan fingerprint density at radius 3 is 2.91 bits per heavy atom. The molecular weight excluding hydrogens is 284 g/mol. The highest BCUT2D eigenvalue weighted by molar-refractivity contribution is 5.94. The number of hydrogen-bond donors (Lipinski definition) is 1. The highest BCUT2D eigenvalue weighted by Gasteiger charge is 2.28. The zero-order valence-electron chi connectivity index (χ0n) is 13.2. The summed E-state index contributed by atoms with van der Waals surface area (Å²) >= 11 is 0. The monoisotopic (exact) mass is 306 g/mol. The van der Waals surface area contributed by atoms with E-state index in [0.29, 0.717) is 12.3 Å². The summed E-state index contributed by atoms with van der Waals surface area (Å²) in [7, 11) is 1.33. The minimum absolute atomic E-state index is 0.0263. The fourth-order valence-electron chi connectivity index (χ4n) is 2.33. The van der Waals surface area contributed by atoms with Crippen molar-refractivity contribution in [2.75, 3.05) is 25.1 Å². The molecule has 6 nitrogen and oxygen atoms in total. The van der Waals surface area contributed by atoms with Gasteiger partial charge in [-0.25, -0.2) is 4.79 Å². The lowest BCUT2D eigenvalue weighted by molar-refractivity contribution is -0.140. The van der Waals surface area contributed by atoms with Gasteiger partial charge < -0.3 is 14.8 Å². The molecule has 0 saturated carbocycles. The van der Waals surface area contributed by atoms with Gasteiger partial charge in [-0.1, -0.05) is 13.0 Å². The van der Waals surface area contributed by atoms with E-state index in [4.69, 9.17) is 4.74 Å². The Bertz CT molecular complexity index is 559. The zero-order valence-corrected chi connectivity index (χ0v) is 13.2. The van der Waals surface area contributed by atoms with E-state index < -0.39 is 0 Å². The molecule has 1 heterocycles. The summed E-state index contributed by atoms with van der Waals surface area (Å²) in [5, 5.41) is 2.75. The first-order chi connectivity index (χ1) is 10.5. The van der Waals surface area contributed by atoms with Crippen LogP contribution in [0.5, 0.6) is 5.75 Å². The standard InChI is InChI=1S/C16H22N2O4/c1-4-12-10-18(16(20)17-8-7-15(19)21-3)13-9-11(2)5-6-14(13)22-12/h5-6,9,12H,4,7-8,10H2,1-3H3,(H,17,20)/t12-/m1/s1. The normalized spacial score (nSPS) is 16.5. The number of fused-ring (bicyclic) bond motifs is 1. The maximum atomic E-state index is 12.4. The Hall–Kier alpha value is -2.24. The third-order valence-electron chi connectivity index (χ3n) is 3.62. The topological polar surface area (TPSA) is 67.9 Å². The van der Waals surface area contributed by atoms with Crippen molar-refractivity contribution in [3.8, 4) is 5.75 Å². The van der Waals surface area contributed by atoms with Crippen molar-refractivity contribution in [3.63, 3.8) is 0 Å². The third kappa shape index (κ3) is 3.69. The smallest absolute Gasteiger partial charge is 0.322 e. The van der Waals surface area contributed by atoms with Crippen LogP contribution in [0.3, 0.4) is 0 Å². The molecule has 0 fully saturated rings. The van der Waals surface area contributed by atoms with Crippen LogP contribution in [0.4, 0.5) is 10.5 Å². The average molecular weight is 306 g/mol. The minimum Gasteiger partial charge on any atom is -0.486 e. The zero-order chi connectivity index (χ0) is 16.1. The van der Waals surface area contributed by atoms with Gasteiger partial charge in [-0.15, -0.1) is 0 Å². The summed E-state index contributed by atoms with van der Waals surface area (Å²) in [6, 6.07) is 5.56. The number of anilines is 1. The molecule has 1 aromatic rings. The van der Waals surface area contributed by atoms with Crippen LogP contribution in [-0.2, 0) is 9.53 Å². The molecule has 2 rings (SSSR count). The molecule has 6 heteroatoms. The summed E-state index contributed by atoms with van der Waals surface area (Å²) < 4.78 is 10.4. The third-order valence-corrected chi connectivity index (χ3v) is 3.62. The molecular formula is C16H22N2O4. The molecule has 0 unspecified atom stereocenters. The average Bonchev–Trinajstić information content (AvgIpc) is 2.53. The summed E-state index contributed by atoms with van der Waals surface area (Å²) in [6.07, 6.45) is 0.950. The molecule has 0 radical (unpaired) electrons. The van der Waals surface area contributed by atoms with Crippen molar-refractivity contribution < 1.29 is 19.1 Å². The van der Waals surface area contributed by atoms with Crippen molar-refractivity contribution in [2.24, 2.45) is 0 Å². The second-order valence-corrected chi connectivity index (χ2v) is 5.29. The fourth-order valence-corrected chi connectivity index (χ4v) is 2.33. The molecule has 1 atom stereocenters. The van der Waals surface area contributed by atoms with Crippen LogP contribution in [0.2, 0.25) is 0 Å². The number of amides is 2. The van der Waals surface area contributed by atoms with Crippen LogP contribution in [0, 0.1) is 6.92 Å². The summed E-state index contributed by atoms with van der Waals surface area (Å²) in [5.41, 5.74) is 1.82. The first kappa shape index (κ1) is 16.1. The number of urea groups is 1. The number of rotatable bonds is 4. The highest BCUT2D eigenvalue weighted by atomic mass is 16.5. The molecule has 22 heavy (non-hydrogen) atoms. The number of hydrogen-bond acceptors (Lipinski definition) is 4. The van der Waals surface area contributed by atoms with Crippen molar-refractivity contribution in [3.05, 3.63) is 23.8 Å². The van der Waals surface area contributed by atoms with Gasteiger partial charge in [0.2, 0.25) is 0 Å². The minimum atomic E-state index is -0.343. The predicted molar refractivity (Wildman–Crippen MR) is 83.3 cm³/mol. The van der Waals surface area contributed by atoms with Crippen LogP contribution in [-0.4, -0.2) is 38.3 Å². The molecule has 1 N–H and O–H groups in total. The van der Waals surface area contributed by atoms with Gasteiger partial charge in [-0.3, -0.25) is 9.69 Å². The molecule has 0 spiro atoms.